The third-order valence-corrected chi connectivity index (χ3v) is 7.20. The number of aliphatic hydroxyl groups excluding tert-OH is 8. The molecule has 2 aliphatic rings. The molecule has 0 aliphatic carbocycles. The standard InChI is InChI=1S/C27H30O15/c28-7-16-20(32)22(34)24(36)26(41-16)39-11-3-1-10(2-4-11)13-9-38-15-6-12(5-14(30)18(15)19(13)31)40-27-25(37)23(35)21(33)17(8-29)42-27/h1-6,9,16-17,20-30,32-37H,7-8H2. The highest BCUT2D eigenvalue weighted by Gasteiger charge is 2.45. The van der Waals surface area contributed by atoms with Crippen LogP contribution in [0.5, 0.6) is 17.2 Å². The van der Waals surface area contributed by atoms with E-state index >= 15 is 0 Å². The van der Waals surface area contributed by atoms with E-state index in [4.69, 9.17) is 23.4 Å². The largest absolute Gasteiger partial charge is 0.507 e. The lowest BCUT2D eigenvalue weighted by Crippen LogP contribution is -2.60. The molecule has 2 aromatic carbocycles. The van der Waals surface area contributed by atoms with Gasteiger partial charge in [0.05, 0.1) is 18.8 Å². The second-order valence-corrected chi connectivity index (χ2v) is 9.95. The van der Waals surface area contributed by atoms with Crippen LogP contribution in [0.15, 0.2) is 51.9 Å². The Hall–Kier alpha value is -3.35. The number of phenolic OH excluding ortho intramolecular Hbond substituents is 1. The number of hydrogen-bond donors (Lipinski definition) is 9. The Morgan fingerprint density at radius 1 is 0.690 bits per heavy atom. The van der Waals surface area contributed by atoms with E-state index < -0.39 is 85.8 Å². The molecular weight excluding hydrogens is 564 g/mol. The zero-order chi connectivity index (χ0) is 30.3. The summed E-state index contributed by atoms with van der Waals surface area (Å²) in [5, 5.41) is 89.2. The molecule has 0 bridgehead atoms. The Morgan fingerprint density at radius 2 is 1.21 bits per heavy atom. The van der Waals surface area contributed by atoms with E-state index in [0.717, 1.165) is 12.3 Å². The summed E-state index contributed by atoms with van der Waals surface area (Å²) in [6.07, 6.45) is -13.8. The molecule has 2 fully saturated rings. The van der Waals surface area contributed by atoms with Gasteiger partial charge >= 0.3 is 0 Å². The first kappa shape index (κ1) is 30.1. The van der Waals surface area contributed by atoms with E-state index in [-0.39, 0.29) is 28.0 Å². The molecule has 5 rings (SSSR count). The van der Waals surface area contributed by atoms with Crippen LogP contribution in [0.3, 0.4) is 0 Å². The Balaban J connectivity index is 1.35. The van der Waals surface area contributed by atoms with Crippen molar-refractivity contribution in [1.29, 1.82) is 0 Å². The van der Waals surface area contributed by atoms with E-state index in [1.165, 1.54) is 30.3 Å². The fourth-order valence-electron chi connectivity index (χ4n) is 4.79. The highest BCUT2D eigenvalue weighted by molar-refractivity contribution is 5.88. The van der Waals surface area contributed by atoms with Crippen molar-refractivity contribution in [3.63, 3.8) is 0 Å². The van der Waals surface area contributed by atoms with E-state index in [0.29, 0.717) is 5.56 Å². The molecule has 3 heterocycles. The number of rotatable bonds is 7. The van der Waals surface area contributed by atoms with Crippen molar-refractivity contribution in [2.45, 2.75) is 61.4 Å². The van der Waals surface area contributed by atoms with Crippen molar-refractivity contribution in [2.24, 2.45) is 0 Å². The first-order valence-electron chi connectivity index (χ1n) is 12.9. The average Bonchev–Trinajstić information content (AvgIpc) is 2.98. The molecule has 2 aliphatic heterocycles. The van der Waals surface area contributed by atoms with Gasteiger partial charge in [-0.1, -0.05) is 12.1 Å². The van der Waals surface area contributed by atoms with Gasteiger partial charge < -0.3 is 69.3 Å². The fourth-order valence-corrected chi connectivity index (χ4v) is 4.79. The SMILES string of the molecule is O=c1c(-c2ccc(OC3OC(CO)C(O)C(O)C3O)cc2)coc2cc(OC3OC(CO)C(O)C(O)C3O)cc(O)c12. The van der Waals surface area contributed by atoms with Crippen LogP contribution in [-0.4, -0.2) is 121 Å². The summed E-state index contributed by atoms with van der Waals surface area (Å²) in [5.74, 6) is -0.453. The maximum atomic E-state index is 13.3. The van der Waals surface area contributed by atoms with Crippen molar-refractivity contribution in [3.8, 4) is 28.4 Å². The fraction of sp³-hybridized carbons (Fsp3) is 0.444. The molecular formula is C27H30O15. The van der Waals surface area contributed by atoms with Gasteiger partial charge in [0.15, 0.2) is 0 Å². The van der Waals surface area contributed by atoms with Crippen molar-refractivity contribution >= 4 is 11.0 Å². The van der Waals surface area contributed by atoms with Gasteiger partial charge in [-0.3, -0.25) is 4.79 Å². The van der Waals surface area contributed by atoms with Crippen molar-refractivity contribution in [3.05, 3.63) is 52.9 Å². The predicted molar refractivity (Wildman–Crippen MR) is 138 cm³/mol. The minimum Gasteiger partial charge on any atom is -0.507 e. The summed E-state index contributed by atoms with van der Waals surface area (Å²) in [6, 6.07) is 8.19. The minimum absolute atomic E-state index is 0.0693. The molecule has 0 amide bonds. The number of hydrogen-bond acceptors (Lipinski definition) is 15. The topological polar surface area (TPSA) is 249 Å². The van der Waals surface area contributed by atoms with Crippen LogP contribution in [0.1, 0.15) is 0 Å². The lowest BCUT2D eigenvalue weighted by atomic mass is 9.99. The van der Waals surface area contributed by atoms with E-state index in [1.807, 2.05) is 0 Å². The van der Waals surface area contributed by atoms with Gasteiger partial charge in [0.25, 0.3) is 0 Å². The Kier molecular flexibility index (Phi) is 8.68. The molecule has 15 nitrogen and oxygen atoms in total. The van der Waals surface area contributed by atoms with E-state index in [1.54, 1.807) is 0 Å². The molecule has 0 spiro atoms. The molecule has 10 atom stereocenters. The Bertz CT molecular complexity index is 1440. The number of phenols is 1. The summed E-state index contributed by atoms with van der Waals surface area (Å²) in [5.41, 5.74) is -0.241. The zero-order valence-electron chi connectivity index (χ0n) is 21.7. The van der Waals surface area contributed by atoms with Gasteiger partial charge in [-0.25, -0.2) is 0 Å². The predicted octanol–water partition coefficient (Wildman–Crippen LogP) is -2.48. The first-order chi connectivity index (χ1) is 20.0. The molecule has 2 saturated heterocycles. The van der Waals surface area contributed by atoms with Crippen LogP contribution in [0.25, 0.3) is 22.1 Å². The van der Waals surface area contributed by atoms with Crippen LogP contribution in [-0.2, 0) is 9.47 Å². The number of benzene rings is 2. The molecule has 228 valence electrons. The second kappa shape index (κ2) is 12.1. The molecule has 0 radical (unpaired) electrons. The van der Waals surface area contributed by atoms with Gasteiger partial charge in [-0.05, 0) is 17.7 Å². The number of ether oxygens (including phenoxy) is 4. The normalized spacial score (nSPS) is 33.4. The zero-order valence-corrected chi connectivity index (χ0v) is 21.7. The number of aliphatic hydroxyl groups is 8. The lowest BCUT2D eigenvalue weighted by molar-refractivity contribution is -0.277. The van der Waals surface area contributed by atoms with Gasteiger partial charge in [0, 0.05) is 12.1 Å². The lowest BCUT2D eigenvalue weighted by Gasteiger charge is -2.39. The summed E-state index contributed by atoms with van der Waals surface area (Å²) in [7, 11) is 0. The van der Waals surface area contributed by atoms with Crippen LogP contribution in [0, 0.1) is 0 Å². The molecule has 10 unspecified atom stereocenters. The van der Waals surface area contributed by atoms with E-state index in [9.17, 15) is 50.8 Å². The molecule has 15 heteroatoms. The highest BCUT2D eigenvalue weighted by atomic mass is 16.7. The third-order valence-electron chi connectivity index (χ3n) is 7.20. The van der Waals surface area contributed by atoms with Crippen molar-refractivity contribution < 1.29 is 69.3 Å². The van der Waals surface area contributed by atoms with Crippen molar-refractivity contribution in [1.82, 2.24) is 0 Å². The summed E-state index contributed by atoms with van der Waals surface area (Å²) in [6.45, 7) is -1.28. The summed E-state index contributed by atoms with van der Waals surface area (Å²) < 4.78 is 27.3. The maximum Gasteiger partial charge on any atom is 0.229 e. The summed E-state index contributed by atoms with van der Waals surface area (Å²) >= 11 is 0. The molecule has 3 aromatic rings. The first-order valence-corrected chi connectivity index (χ1v) is 12.9. The molecule has 1 aromatic heterocycles. The van der Waals surface area contributed by atoms with Gasteiger partial charge in [0.2, 0.25) is 18.0 Å². The molecule has 42 heavy (non-hydrogen) atoms. The quantitative estimate of drug-likeness (QED) is 0.137. The van der Waals surface area contributed by atoms with Gasteiger partial charge in [-0.2, -0.15) is 0 Å². The smallest absolute Gasteiger partial charge is 0.229 e. The minimum atomic E-state index is -1.69. The maximum absolute atomic E-state index is 13.3. The second-order valence-electron chi connectivity index (χ2n) is 9.95. The molecule has 0 saturated carbocycles. The van der Waals surface area contributed by atoms with Crippen LogP contribution < -0.4 is 14.9 Å². The number of fused-ring (bicyclic) bond motifs is 1. The third kappa shape index (κ3) is 5.55. The van der Waals surface area contributed by atoms with Crippen LogP contribution in [0.2, 0.25) is 0 Å². The van der Waals surface area contributed by atoms with Gasteiger partial charge in [0.1, 0.15) is 83.3 Å². The monoisotopic (exact) mass is 594 g/mol. The van der Waals surface area contributed by atoms with Crippen LogP contribution in [0.4, 0.5) is 0 Å². The van der Waals surface area contributed by atoms with Crippen LogP contribution >= 0.6 is 0 Å². The Morgan fingerprint density at radius 3 is 1.74 bits per heavy atom. The Labute approximate surface area is 236 Å². The molecule has 9 N–H and O–H groups in total. The van der Waals surface area contributed by atoms with Crippen molar-refractivity contribution in [2.75, 3.05) is 13.2 Å². The van der Waals surface area contributed by atoms with E-state index in [2.05, 4.69) is 0 Å². The number of aromatic hydroxyl groups is 1. The summed E-state index contributed by atoms with van der Waals surface area (Å²) in [4.78, 5) is 13.3. The van der Waals surface area contributed by atoms with Gasteiger partial charge in [-0.15, -0.1) is 0 Å². The average molecular weight is 595 g/mol. The highest BCUT2D eigenvalue weighted by Crippen LogP contribution is 2.33.